The molecule has 7 heteroatoms. The normalized spacial score (nSPS) is 12.4. The number of carbonyl (C=O) groups is 1. The number of nitrogens with zero attached hydrogens (tertiary/aromatic N) is 1. The summed E-state index contributed by atoms with van der Waals surface area (Å²) in [4.78, 5) is 11.6. The maximum atomic E-state index is 13.2. The fraction of sp³-hybridized carbons (Fsp3) is 0.318. The van der Waals surface area contributed by atoms with Gasteiger partial charge in [0, 0.05) is 13.1 Å². The van der Waals surface area contributed by atoms with Crippen LogP contribution in [0.5, 0.6) is 11.5 Å². The van der Waals surface area contributed by atoms with E-state index in [0.717, 1.165) is 11.1 Å². The monoisotopic (exact) mass is 417 g/mol. The topological polar surface area (TPSA) is 72.9 Å². The molecule has 0 fully saturated rings. The lowest BCUT2D eigenvalue weighted by Crippen LogP contribution is -2.38. The van der Waals surface area contributed by atoms with Gasteiger partial charge in [-0.15, -0.1) is 6.58 Å². The first-order valence-electron chi connectivity index (χ1n) is 9.25. The molecule has 0 radical (unpaired) electrons. The van der Waals surface area contributed by atoms with Crippen molar-refractivity contribution in [3.63, 3.8) is 0 Å². The Morgan fingerprint density at radius 3 is 1.72 bits per heavy atom. The number of rotatable bonds is 12. The molecule has 0 saturated carbocycles. The van der Waals surface area contributed by atoms with E-state index in [4.69, 9.17) is 9.47 Å². The lowest BCUT2D eigenvalue weighted by atomic mass is 10.2. The van der Waals surface area contributed by atoms with Gasteiger partial charge in [0.1, 0.15) is 23.0 Å². The summed E-state index contributed by atoms with van der Waals surface area (Å²) in [6.45, 7) is 3.91. The van der Waals surface area contributed by atoms with Crippen LogP contribution in [0.25, 0.3) is 0 Å². The highest BCUT2D eigenvalue weighted by Gasteiger charge is 2.31. The van der Waals surface area contributed by atoms with Gasteiger partial charge in [0.2, 0.25) is 10.0 Å². The lowest BCUT2D eigenvalue weighted by Gasteiger charge is -2.25. The van der Waals surface area contributed by atoms with E-state index in [1.54, 1.807) is 44.6 Å². The first-order valence-corrected chi connectivity index (χ1v) is 10.8. The summed E-state index contributed by atoms with van der Waals surface area (Å²) in [6, 6.07) is 14.4. The van der Waals surface area contributed by atoms with E-state index >= 15 is 0 Å². The van der Waals surface area contributed by atoms with Crippen LogP contribution in [-0.2, 0) is 27.9 Å². The minimum absolute atomic E-state index is 0.150. The van der Waals surface area contributed by atoms with Gasteiger partial charge >= 0.3 is 0 Å². The summed E-state index contributed by atoms with van der Waals surface area (Å²) in [5.74, 6) is 1.38. The molecule has 0 aliphatic carbocycles. The van der Waals surface area contributed by atoms with Crippen molar-refractivity contribution in [1.29, 1.82) is 0 Å². The first-order chi connectivity index (χ1) is 13.9. The maximum absolute atomic E-state index is 13.2. The van der Waals surface area contributed by atoms with Crippen LogP contribution in [0.1, 0.15) is 24.0 Å². The average molecular weight is 418 g/mol. The van der Waals surface area contributed by atoms with E-state index in [1.807, 2.05) is 24.3 Å². The predicted molar refractivity (Wildman–Crippen MR) is 113 cm³/mol. The zero-order valence-electron chi connectivity index (χ0n) is 16.8. The molecule has 0 saturated heterocycles. The van der Waals surface area contributed by atoms with Crippen molar-refractivity contribution in [3.8, 4) is 11.5 Å². The highest BCUT2D eigenvalue weighted by atomic mass is 32.2. The summed E-state index contributed by atoms with van der Waals surface area (Å²) < 4.78 is 38.1. The third-order valence-corrected chi connectivity index (χ3v) is 6.68. The van der Waals surface area contributed by atoms with Gasteiger partial charge in [-0.2, -0.15) is 4.31 Å². The summed E-state index contributed by atoms with van der Waals surface area (Å²) >= 11 is 0. The predicted octanol–water partition coefficient (Wildman–Crippen LogP) is 3.57. The molecule has 29 heavy (non-hydrogen) atoms. The number of hydrogen-bond acceptors (Lipinski definition) is 5. The molecule has 0 heterocycles. The van der Waals surface area contributed by atoms with Crippen LogP contribution >= 0.6 is 0 Å². The molecule has 6 nitrogen and oxygen atoms in total. The standard InChI is InChI=1S/C22H27NO5S/c1-4-5-6-22(17-24)29(25,26)23(15-18-7-11-20(27-2)12-8-18)16-19-9-13-21(28-3)14-10-19/h4,7-14,17,22H,1,5-6,15-16H2,2-3H3. The molecule has 0 spiro atoms. The highest BCUT2D eigenvalue weighted by molar-refractivity contribution is 7.90. The molecule has 0 aliphatic rings. The number of aldehydes is 1. The number of benzene rings is 2. The van der Waals surface area contributed by atoms with E-state index < -0.39 is 15.3 Å². The fourth-order valence-corrected chi connectivity index (χ4v) is 4.48. The Labute approximate surface area is 172 Å². The van der Waals surface area contributed by atoms with Gasteiger partial charge in [-0.3, -0.25) is 0 Å². The van der Waals surface area contributed by atoms with Gasteiger partial charge in [-0.05, 0) is 48.2 Å². The molecular weight excluding hydrogens is 390 g/mol. The largest absolute Gasteiger partial charge is 0.497 e. The number of methoxy groups -OCH3 is 2. The Balaban J connectivity index is 2.33. The Hall–Kier alpha value is -2.64. The van der Waals surface area contributed by atoms with Crippen LogP contribution in [0, 0.1) is 0 Å². The van der Waals surface area contributed by atoms with Crippen LogP contribution in [0.3, 0.4) is 0 Å². The molecule has 1 unspecified atom stereocenters. The number of hydrogen-bond donors (Lipinski definition) is 0. The molecule has 0 aromatic heterocycles. The van der Waals surface area contributed by atoms with Crippen molar-refractivity contribution in [3.05, 3.63) is 72.3 Å². The zero-order valence-corrected chi connectivity index (χ0v) is 17.6. The Morgan fingerprint density at radius 1 is 0.931 bits per heavy atom. The molecule has 0 aliphatic heterocycles. The quantitative estimate of drug-likeness (QED) is 0.390. The smallest absolute Gasteiger partial charge is 0.224 e. The van der Waals surface area contributed by atoms with Gasteiger partial charge in [0.05, 0.1) is 14.2 Å². The Morgan fingerprint density at radius 2 is 1.38 bits per heavy atom. The molecule has 1 atom stereocenters. The third kappa shape index (κ3) is 6.17. The van der Waals surface area contributed by atoms with Crippen LogP contribution in [-0.4, -0.2) is 38.5 Å². The molecule has 0 N–H and O–H groups in total. The minimum atomic E-state index is -3.86. The second kappa shape index (κ2) is 10.8. The first kappa shape index (κ1) is 22.6. The zero-order chi connectivity index (χ0) is 21.3. The molecule has 2 rings (SSSR count). The van der Waals surface area contributed by atoms with Crippen LogP contribution < -0.4 is 9.47 Å². The Bertz CT molecular complexity index is 842. The van der Waals surface area contributed by atoms with E-state index in [9.17, 15) is 13.2 Å². The van der Waals surface area contributed by atoms with E-state index in [2.05, 4.69) is 6.58 Å². The second-order valence-corrected chi connectivity index (χ2v) is 8.70. The van der Waals surface area contributed by atoms with Crippen molar-refractivity contribution in [1.82, 2.24) is 4.31 Å². The number of allylic oxidation sites excluding steroid dienone is 1. The molecule has 0 bridgehead atoms. The minimum Gasteiger partial charge on any atom is -0.497 e. The van der Waals surface area contributed by atoms with Gasteiger partial charge < -0.3 is 14.3 Å². The molecule has 2 aromatic rings. The van der Waals surface area contributed by atoms with Gasteiger partial charge in [-0.1, -0.05) is 30.3 Å². The molecule has 156 valence electrons. The van der Waals surface area contributed by atoms with Crippen molar-refractivity contribution in [2.75, 3.05) is 14.2 Å². The third-order valence-electron chi connectivity index (χ3n) is 4.59. The van der Waals surface area contributed by atoms with Gasteiger partial charge in [0.15, 0.2) is 0 Å². The Kier molecular flexibility index (Phi) is 8.42. The van der Waals surface area contributed by atoms with Gasteiger partial charge in [0.25, 0.3) is 0 Å². The summed E-state index contributed by atoms with van der Waals surface area (Å²) in [7, 11) is -0.712. The van der Waals surface area contributed by atoms with Crippen LogP contribution in [0.4, 0.5) is 0 Å². The van der Waals surface area contributed by atoms with E-state index in [0.29, 0.717) is 24.2 Å². The average Bonchev–Trinajstić information content (AvgIpc) is 2.74. The van der Waals surface area contributed by atoms with Crippen molar-refractivity contribution in [2.45, 2.75) is 31.2 Å². The molecular formula is C22H27NO5S. The molecule has 2 aromatic carbocycles. The lowest BCUT2D eigenvalue weighted by molar-refractivity contribution is -0.107. The second-order valence-electron chi connectivity index (χ2n) is 6.55. The maximum Gasteiger partial charge on any atom is 0.224 e. The number of carbonyl (C=O) groups excluding carboxylic acids is 1. The summed E-state index contributed by atoms with van der Waals surface area (Å²) in [5, 5.41) is -1.11. The van der Waals surface area contributed by atoms with E-state index in [1.165, 1.54) is 4.31 Å². The number of ether oxygens (including phenoxy) is 2. The molecule has 0 amide bonds. The van der Waals surface area contributed by atoms with Crippen LogP contribution in [0.2, 0.25) is 0 Å². The SMILES string of the molecule is C=CCCC(C=O)S(=O)(=O)N(Cc1ccc(OC)cc1)Cc1ccc(OC)cc1. The van der Waals surface area contributed by atoms with E-state index in [-0.39, 0.29) is 19.5 Å². The van der Waals surface area contributed by atoms with Crippen molar-refractivity contribution < 1.29 is 22.7 Å². The van der Waals surface area contributed by atoms with Gasteiger partial charge in [-0.25, -0.2) is 8.42 Å². The van der Waals surface area contributed by atoms with Crippen LogP contribution in [0.15, 0.2) is 61.2 Å². The highest BCUT2D eigenvalue weighted by Crippen LogP contribution is 2.22. The van der Waals surface area contributed by atoms with Crippen molar-refractivity contribution in [2.24, 2.45) is 0 Å². The summed E-state index contributed by atoms with van der Waals surface area (Å²) in [5.41, 5.74) is 1.60. The fourth-order valence-electron chi connectivity index (χ4n) is 2.87. The number of sulfonamides is 1. The summed E-state index contributed by atoms with van der Waals surface area (Å²) in [6.07, 6.45) is 2.77. The van der Waals surface area contributed by atoms with Crippen molar-refractivity contribution >= 4 is 16.3 Å².